The van der Waals surface area contributed by atoms with Crippen LogP contribution in [0.4, 0.5) is 13.2 Å². The molecule has 2 N–H and O–H groups in total. The monoisotopic (exact) mass is 471 g/mol. The summed E-state index contributed by atoms with van der Waals surface area (Å²) in [5.41, 5.74) is 2.49. The van der Waals surface area contributed by atoms with Gasteiger partial charge < -0.3 is 20.1 Å². The average molecular weight is 471 g/mol. The summed E-state index contributed by atoms with van der Waals surface area (Å²) in [6.45, 7) is 2.34. The molecule has 1 aliphatic carbocycles. The molecule has 1 aromatic rings. The summed E-state index contributed by atoms with van der Waals surface area (Å²) < 4.78 is 37.7. The quantitative estimate of drug-likeness (QED) is 0.685. The highest BCUT2D eigenvalue weighted by Gasteiger charge is 2.51. The molecule has 1 spiro atoms. The molecule has 3 aliphatic rings. The molecule has 0 saturated carbocycles. The third-order valence-corrected chi connectivity index (χ3v) is 6.32. The first kappa shape index (κ1) is 25.0. The highest BCUT2D eigenvalue weighted by molar-refractivity contribution is 5.82. The maximum atomic E-state index is 12.7. The van der Waals surface area contributed by atoms with E-state index in [0.29, 0.717) is 38.6 Å². The average Bonchev–Trinajstić information content (AvgIpc) is 3.13. The summed E-state index contributed by atoms with van der Waals surface area (Å²) in [5.74, 6) is -2.12. The first-order chi connectivity index (χ1) is 15.4. The van der Waals surface area contributed by atoms with E-state index in [0.717, 1.165) is 12.8 Å². The van der Waals surface area contributed by atoms with Crippen LogP contribution in [0.5, 0.6) is 0 Å². The number of aliphatic carboxylic acids is 1. The smallest absolute Gasteiger partial charge is 0.475 e. The Labute approximate surface area is 189 Å². The number of likely N-dealkylation sites (tertiary alicyclic amines) is 1. The standard InChI is InChI=1S/C20H27N3O3.C2HF3O2/c1-21-19(25)17-10-26-20(11-22(17)2)12-23(13-20)18(24)9-14-7-15-5-3-4-6-16(15)8-14;3-2(4,5)1(6)7/h3-6,14,17H,7-13H2,1-2H3,(H,21,25);(H,6,7). The van der Waals surface area contributed by atoms with E-state index in [2.05, 4.69) is 29.6 Å². The van der Waals surface area contributed by atoms with Gasteiger partial charge in [0.15, 0.2) is 0 Å². The van der Waals surface area contributed by atoms with Crippen molar-refractivity contribution >= 4 is 17.8 Å². The molecule has 1 atom stereocenters. The number of likely N-dealkylation sites (N-methyl/N-ethyl adjacent to an activating group) is 2. The van der Waals surface area contributed by atoms with Gasteiger partial charge in [0, 0.05) is 20.0 Å². The van der Waals surface area contributed by atoms with E-state index in [1.807, 2.05) is 16.8 Å². The Morgan fingerprint density at radius 1 is 1.15 bits per heavy atom. The van der Waals surface area contributed by atoms with Gasteiger partial charge in [0.25, 0.3) is 0 Å². The molecule has 2 aliphatic heterocycles. The number of carbonyl (C=O) groups excluding carboxylic acids is 2. The number of alkyl halides is 3. The Balaban J connectivity index is 0.000000383. The van der Waals surface area contributed by atoms with Crippen molar-refractivity contribution in [1.29, 1.82) is 0 Å². The minimum atomic E-state index is -5.08. The zero-order valence-electron chi connectivity index (χ0n) is 18.5. The maximum absolute atomic E-state index is 12.7. The molecule has 33 heavy (non-hydrogen) atoms. The zero-order chi connectivity index (χ0) is 24.4. The van der Waals surface area contributed by atoms with Crippen LogP contribution in [0.25, 0.3) is 0 Å². The van der Waals surface area contributed by atoms with Crippen molar-refractivity contribution in [1.82, 2.24) is 15.1 Å². The number of nitrogens with zero attached hydrogens (tertiary/aromatic N) is 2. The number of carbonyl (C=O) groups is 3. The second kappa shape index (κ2) is 9.68. The van der Waals surface area contributed by atoms with Gasteiger partial charge in [0.2, 0.25) is 11.8 Å². The van der Waals surface area contributed by atoms with Crippen molar-refractivity contribution in [2.45, 2.75) is 37.1 Å². The molecule has 182 valence electrons. The fourth-order valence-corrected chi connectivity index (χ4v) is 4.62. The van der Waals surface area contributed by atoms with E-state index in [1.54, 1.807) is 7.05 Å². The first-order valence-electron chi connectivity index (χ1n) is 10.6. The minimum Gasteiger partial charge on any atom is -0.475 e. The summed E-state index contributed by atoms with van der Waals surface area (Å²) in [6, 6.07) is 8.25. The number of halogens is 3. The normalized spacial score (nSPS) is 22.1. The molecule has 11 heteroatoms. The Morgan fingerprint density at radius 3 is 2.15 bits per heavy atom. The van der Waals surface area contributed by atoms with E-state index < -0.39 is 12.1 Å². The van der Waals surface area contributed by atoms with Gasteiger partial charge in [0.1, 0.15) is 11.6 Å². The van der Waals surface area contributed by atoms with Crippen molar-refractivity contribution in [2.24, 2.45) is 5.92 Å². The van der Waals surface area contributed by atoms with Crippen molar-refractivity contribution in [3.8, 4) is 0 Å². The minimum absolute atomic E-state index is 0.0181. The molecule has 2 saturated heterocycles. The van der Waals surface area contributed by atoms with E-state index in [-0.39, 0.29) is 23.5 Å². The van der Waals surface area contributed by atoms with E-state index in [1.165, 1.54) is 11.1 Å². The molecule has 2 amide bonds. The van der Waals surface area contributed by atoms with Crippen molar-refractivity contribution in [2.75, 3.05) is 40.3 Å². The summed E-state index contributed by atoms with van der Waals surface area (Å²) >= 11 is 0. The van der Waals surface area contributed by atoms with Crippen LogP contribution in [0.3, 0.4) is 0 Å². The number of carboxylic acid groups (broad SMARTS) is 1. The molecule has 0 aromatic heterocycles. The molecular weight excluding hydrogens is 443 g/mol. The van der Waals surface area contributed by atoms with Gasteiger partial charge in [0.05, 0.1) is 19.7 Å². The Kier molecular flexibility index (Phi) is 7.32. The Bertz CT molecular complexity index is 877. The molecule has 1 aromatic carbocycles. The van der Waals surface area contributed by atoms with Crippen LogP contribution in [0.2, 0.25) is 0 Å². The van der Waals surface area contributed by atoms with E-state index >= 15 is 0 Å². The number of hydrogen-bond acceptors (Lipinski definition) is 5. The summed E-state index contributed by atoms with van der Waals surface area (Å²) in [4.78, 5) is 37.4. The van der Waals surface area contributed by atoms with Gasteiger partial charge >= 0.3 is 12.1 Å². The van der Waals surface area contributed by atoms with Gasteiger partial charge in [-0.1, -0.05) is 24.3 Å². The predicted octanol–water partition coefficient (Wildman–Crippen LogP) is 1.08. The van der Waals surface area contributed by atoms with E-state index in [4.69, 9.17) is 14.6 Å². The molecule has 2 fully saturated rings. The van der Waals surface area contributed by atoms with Gasteiger partial charge in [-0.05, 0) is 36.9 Å². The van der Waals surface area contributed by atoms with Crippen molar-refractivity contribution in [3.63, 3.8) is 0 Å². The second-order valence-electron chi connectivity index (χ2n) is 8.84. The third kappa shape index (κ3) is 5.83. The van der Waals surface area contributed by atoms with Crippen LogP contribution in [0.1, 0.15) is 17.5 Å². The maximum Gasteiger partial charge on any atom is 0.490 e. The lowest BCUT2D eigenvalue weighted by atomic mass is 9.89. The topological polar surface area (TPSA) is 99.2 Å². The van der Waals surface area contributed by atoms with Crippen molar-refractivity contribution in [3.05, 3.63) is 35.4 Å². The lowest BCUT2D eigenvalue weighted by Gasteiger charge is -2.54. The number of ether oxygens (including phenoxy) is 1. The lowest BCUT2D eigenvalue weighted by Crippen LogP contribution is -2.73. The summed E-state index contributed by atoms with van der Waals surface area (Å²) in [5, 5.41) is 9.80. The van der Waals surface area contributed by atoms with Crippen LogP contribution in [-0.4, -0.2) is 90.8 Å². The van der Waals surface area contributed by atoms with Gasteiger partial charge in [-0.3, -0.25) is 14.5 Å². The number of amides is 2. The second-order valence-corrected chi connectivity index (χ2v) is 8.84. The number of rotatable bonds is 3. The van der Waals surface area contributed by atoms with Crippen LogP contribution in [0.15, 0.2) is 24.3 Å². The van der Waals surface area contributed by atoms with Gasteiger partial charge in [-0.2, -0.15) is 13.2 Å². The predicted molar refractivity (Wildman–Crippen MR) is 111 cm³/mol. The highest BCUT2D eigenvalue weighted by atomic mass is 19.4. The molecule has 0 bridgehead atoms. The number of hydrogen-bond donors (Lipinski definition) is 2. The third-order valence-electron chi connectivity index (χ3n) is 6.32. The van der Waals surface area contributed by atoms with Crippen LogP contribution < -0.4 is 5.32 Å². The summed E-state index contributed by atoms with van der Waals surface area (Å²) in [7, 11) is 3.59. The van der Waals surface area contributed by atoms with Crippen LogP contribution in [0, 0.1) is 5.92 Å². The largest absolute Gasteiger partial charge is 0.490 e. The molecule has 8 nitrogen and oxygen atoms in total. The Morgan fingerprint density at radius 2 is 1.70 bits per heavy atom. The number of morpholine rings is 1. The molecule has 0 radical (unpaired) electrons. The zero-order valence-corrected chi connectivity index (χ0v) is 18.5. The fraction of sp³-hybridized carbons (Fsp3) is 0.591. The summed E-state index contributed by atoms with van der Waals surface area (Å²) in [6.07, 6.45) is -2.46. The molecule has 4 rings (SSSR count). The van der Waals surface area contributed by atoms with E-state index in [9.17, 15) is 22.8 Å². The molecular formula is C22H28F3N3O5. The number of fused-ring (bicyclic) bond motifs is 1. The van der Waals surface area contributed by atoms with Crippen LogP contribution >= 0.6 is 0 Å². The van der Waals surface area contributed by atoms with Crippen LogP contribution in [-0.2, 0) is 32.0 Å². The lowest BCUT2D eigenvalue weighted by molar-refractivity contribution is -0.201. The number of benzene rings is 1. The highest BCUT2D eigenvalue weighted by Crippen LogP contribution is 2.33. The fourth-order valence-electron chi connectivity index (χ4n) is 4.62. The molecule has 1 unspecified atom stereocenters. The molecule has 2 heterocycles. The number of nitrogens with one attached hydrogen (secondary N) is 1. The van der Waals surface area contributed by atoms with Gasteiger partial charge in [-0.15, -0.1) is 0 Å². The number of carboxylic acids is 1. The Hall–Kier alpha value is -2.66. The van der Waals surface area contributed by atoms with Crippen molar-refractivity contribution < 1.29 is 37.4 Å². The first-order valence-corrected chi connectivity index (χ1v) is 10.6. The SMILES string of the molecule is CNC(=O)C1COC2(CN(C(=O)CC3Cc4ccccc4C3)C2)CN1C.O=C(O)C(F)(F)F. The van der Waals surface area contributed by atoms with Gasteiger partial charge in [-0.25, -0.2) is 4.79 Å².